The first-order chi connectivity index (χ1) is 6.16. The molecule has 14 heavy (non-hydrogen) atoms. The van der Waals surface area contributed by atoms with Gasteiger partial charge in [-0.1, -0.05) is 31.2 Å². The van der Waals surface area contributed by atoms with E-state index < -0.39 is 5.97 Å². The maximum Gasteiger partial charge on any atom is 1.00 e. The number of carbonyl (C=O) groups is 2. The Morgan fingerprint density at radius 1 is 1.21 bits per heavy atom. The molecule has 0 radical (unpaired) electrons. The van der Waals surface area contributed by atoms with Gasteiger partial charge in [0.15, 0.2) is 5.78 Å². The first kappa shape index (κ1) is 14.0. The number of carboxylic acid groups (broad SMARTS) is 1. The van der Waals surface area contributed by atoms with Crippen LogP contribution in [0, 0.1) is 0 Å². The molecule has 0 saturated heterocycles. The number of aromatic carboxylic acids is 1. The molecule has 0 spiro atoms. The van der Waals surface area contributed by atoms with Crippen molar-refractivity contribution in [2.24, 2.45) is 0 Å². The first-order valence-corrected chi connectivity index (χ1v) is 4.00. The summed E-state index contributed by atoms with van der Waals surface area (Å²) in [5, 5.41) is 10.6. The van der Waals surface area contributed by atoms with Crippen LogP contribution in [0.4, 0.5) is 0 Å². The molecular formula is C10H9KO3. The molecule has 0 aliphatic rings. The van der Waals surface area contributed by atoms with Crippen LogP contribution in [0.2, 0.25) is 0 Å². The topological polar surface area (TPSA) is 57.2 Å². The second-order valence-corrected chi connectivity index (χ2v) is 2.61. The number of benzene rings is 1. The van der Waals surface area contributed by atoms with E-state index in [0.29, 0.717) is 6.42 Å². The van der Waals surface area contributed by atoms with Crippen LogP contribution in [0.5, 0.6) is 0 Å². The Hall–Kier alpha value is -0.00364. The van der Waals surface area contributed by atoms with Gasteiger partial charge >= 0.3 is 51.4 Å². The zero-order valence-corrected chi connectivity index (χ0v) is 11.4. The van der Waals surface area contributed by atoms with Crippen molar-refractivity contribution < 1.29 is 66.1 Å². The normalized spacial score (nSPS) is 8.93. The molecule has 0 amide bonds. The maximum atomic E-state index is 11.2. The molecule has 3 nitrogen and oxygen atoms in total. The largest absolute Gasteiger partial charge is 1.00 e. The Balaban J connectivity index is 0.00000169. The van der Waals surface area contributed by atoms with Crippen LogP contribution in [0.3, 0.4) is 0 Å². The third-order valence-corrected chi connectivity index (χ3v) is 1.77. The third-order valence-electron chi connectivity index (χ3n) is 1.77. The summed E-state index contributed by atoms with van der Waals surface area (Å²) in [5.41, 5.74) is 0.194. The summed E-state index contributed by atoms with van der Waals surface area (Å²) in [6.45, 7) is 1.69. The van der Waals surface area contributed by atoms with Crippen molar-refractivity contribution >= 4 is 11.8 Å². The Bertz CT molecular complexity index is 347. The quantitative estimate of drug-likeness (QED) is 0.420. The van der Waals surface area contributed by atoms with Gasteiger partial charge in [-0.05, 0) is 0 Å². The minimum Gasteiger partial charge on any atom is -0.545 e. The molecular weight excluding hydrogens is 207 g/mol. The number of carbonyl (C=O) groups excluding carboxylic acids is 2. The average Bonchev–Trinajstić information content (AvgIpc) is 2.16. The zero-order valence-electron chi connectivity index (χ0n) is 8.24. The summed E-state index contributed by atoms with van der Waals surface area (Å²) >= 11 is 0. The van der Waals surface area contributed by atoms with Crippen molar-refractivity contribution in [2.75, 3.05) is 0 Å². The second kappa shape index (κ2) is 6.47. The van der Waals surface area contributed by atoms with Crippen LogP contribution >= 0.6 is 0 Å². The number of carboxylic acids is 1. The molecule has 0 heterocycles. The number of rotatable bonds is 3. The molecule has 0 aromatic heterocycles. The first-order valence-electron chi connectivity index (χ1n) is 4.00. The van der Waals surface area contributed by atoms with E-state index in [1.165, 1.54) is 12.1 Å². The van der Waals surface area contributed by atoms with Crippen LogP contribution in [0.25, 0.3) is 0 Å². The predicted molar refractivity (Wildman–Crippen MR) is 45.4 cm³/mol. The van der Waals surface area contributed by atoms with Crippen LogP contribution in [0.15, 0.2) is 24.3 Å². The van der Waals surface area contributed by atoms with Gasteiger partial charge in [0.05, 0.1) is 5.97 Å². The Morgan fingerprint density at radius 2 is 1.71 bits per heavy atom. The van der Waals surface area contributed by atoms with E-state index >= 15 is 0 Å². The summed E-state index contributed by atoms with van der Waals surface area (Å²) < 4.78 is 0. The average molecular weight is 216 g/mol. The van der Waals surface area contributed by atoms with E-state index in [4.69, 9.17) is 0 Å². The molecule has 0 N–H and O–H groups in total. The minimum absolute atomic E-state index is 0. The van der Waals surface area contributed by atoms with Crippen LogP contribution < -0.4 is 56.5 Å². The maximum absolute atomic E-state index is 11.2. The zero-order chi connectivity index (χ0) is 9.84. The Kier molecular flexibility index (Phi) is 6.47. The standard InChI is InChI=1S/C10H10O3.K/c1-2-9(11)7-5-3-4-6-8(7)10(12)13;/h3-6H,2H2,1H3,(H,12,13);/q;+1/p-1. The molecule has 0 aliphatic carbocycles. The molecule has 1 aromatic carbocycles. The van der Waals surface area contributed by atoms with Crippen LogP contribution in [-0.4, -0.2) is 11.8 Å². The van der Waals surface area contributed by atoms with Crippen molar-refractivity contribution in [3.63, 3.8) is 0 Å². The van der Waals surface area contributed by atoms with E-state index in [1.807, 2.05) is 0 Å². The summed E-state index contributed by atoms with van der Waals surface area (Å²) in [5.74, 6) is -1.49. The molecule has 1 rings (SSSR count). The third kappa shape index (κ3) is 3.29. The monoisotopic (exact) mass is 216 g/mol. The minimum atomic E-state index is -1.31. The van der Waals surface area contributed by atoms with Crippen molar-refractivity contribution in [3.05, 3.63) is 35.4 Å². The summed E-state index contributed by atoms with van der Waals surface area (Å²) in [7, 11) is 0. The molecule has 0 unspecified atom stereocenters. The van der Waals surface area contributed by atoms with Crippen LogP contribution in [0.1, 0.15) is 34.1 Å². The number of hydrogen-bond donors (Lipinski definition) is 0. The fourth-order valence-corrected chi connectivity index (χ4v) is 1.09. The predicted octanol–water partition coefficient (Wildman–Crippen LogP) is -2.35. The summed E-state index contributed by atoms with van der Waals surface area (Å²) in [6.07, 6.45) is 0.296. The van der Waals surface area contributed by atoms with Gasteiger partial charge in [0.25, 0.3) is 0 Å². The number of hydrogen-bond acceptors (Lipinski definition) is 3. The van der Waals surface area contributed by atoms with E-state index in [1.54, 1.807) is 19.1 Å². The second-order valence-electron chi connectivity index (χ2n) is 2.61. The van der Waals surface area contributed by atoms with E-state index in [-0.39, 0.29) is 68.3 Å². The fourth-order valence-electron chi connectivity index (χ4n) is 1.09. The van der Waals surface area contributed by atoms with Gasteiger partial charge in [0.2, 0.25) is 0 Å². The molecule has 0 fully saturated rings. The van der Waals surface area contributed by atoms with Gasteiger partial charge in [0.1, 0.15) is 0 Å². The van der Waals surface area contributed by atoms with Gasteiger partial charge in [0, 0.05) is 17.5 Å². The van der Waals surface area contributed by atoms with Crippen LogP contribution in [-0.2, 0) is 0 Å². The van der Waals surface area contributed by atoms with Crippen molar-refractivity contribution in [1.29, 1.82) is 0 Å². The fraction of sp³-hybridized carbons (Fsp3) is 0.200. The molecule has 1 aromatic rings. The smallest absolute Gasteiger partial charge is 0.545 e. The van der Waals surface area contributed by atoms with Crippen molar-refractivity contribution in [2.45, 2.75) is 13.3 Å². The molecule has 0 atom stereocenters. The van der Waals surface area contributed by atoms with Gasteiger partial charge in [-0.3, -0.25) is 4.79 Å². The Morgan fingerprint density at radius 3 is 2.14 bits per heavy atom. The van der Waals surface area contributed by atoms with Gasteiger partial charge in [-0.15, -0.1) is 0 Å². The summed E-state index contributed by atoms with van der Waals surface area (Å²) in [6, 6.07) is 6.07. The molecule has 0 saturated carbocycles. The number of ketones is 1. The number of Topliss-reactive ketones (excluding diaryl/α,β-unsaturated/α-hetero) is 1. The molecule has 68 valence electrons. The molecule has 0 bridgehead atoms. The van der Waals surface area contributed by atoms with Crippen molar-refractivity contribution in [3.8, 4) is 0 Å². The van der Waals surface area contributed by atoms with Gasteiger partial charge in [-0.25, -0.2) is 0 Å². The van der Waals surface area contributed by atoms with E-state index in [2.05, 4.69) is 0 Å². The van der Waals surface area contributed by atoms with E-state index in [0.717, 1.165) is 0 Å². The SMILES string of the molecule is CCC(=O)c1ccccc1C(=O)[O-].[K+]. The molecule has 0 aliphatic heterocycles. The van der Waals surface area contributed by atoms with Gasteiger partial charge < -0.3 is 9.90 Å². The Labute approximate surface area is 125 Å². The van der Waals surface area contributed by atoms with E-state index in [9.17, 15) is 14.7 Å². The molecule has 4 heteroatoms. The van der Waals surface area contributed by atoms with Crippen molar-refractivity contribution in [1.82, 2.24) is 0 Å². The summed E-state index contributed by atoms with van der Waals surface area (Å²) in [4.78, 5) is 21.8. The van der Waals surface area contributed by atoms with Gasteiger partial charge in [-0.2, -0.15) is 0 Å².